The summed E-state index contributed by atoms with van der Waals surface area (Å²) in [5.74, 6) is -0.194. The first-order valence-electron chi connectivity index (χ1n) is 11.1. The van der Waals surface area contributed by atoms with Gasteiger partial charge in [-0.1, -0.05) is 35.5 Å². The average Bonchev–Trinajstić information content (AvgIpc) is 3.28. The fraction of sp³-hybridized carbons (Fsp3) is 0.148. The molecule has 0 saturated carbocycles. The van der Waals surface area contributed by atoms with Crippen molar-refractivity contribution in [3.8, 4) is 11.4 Å². The molecule has 0 spiro atoms. The molecule has 1 aromatic heterocycles. The molecule has 0 saturated heterocycles. The van der Waals surface area contributed by atoms with Gasteiger partial charge in [0, 0.05) is 16.9 Å². The van der Waals surface area contributed by atoms with E-state index in [4.69, 9.17) is 16.7 Å². The van der Waals surface area contributed by atoms with Gasteiger partial charge in [-0.2, -0.15) is 4.98 Å². The molecule has 176 valence electrons. The molecule has 1 atom stereocenters. The zero-order valence-electron chi connectivity index (χ0n) is 19.3. The van der Waals surface area contributed by atoms with E-state index in [1.54, 1.807) is 24.3 Å². The third kappa shape index (κ3) is 4.44. The Kier molecular flexibility index (Phi) is 5.90. The van der Waals surface area contributed by atoms with Crippen molar-refractivity contribution in [2.45, 2.75) is 26.8 Å². The van der Waals surface area contributed by atoms with Crippen LogP contribution in [-0.2, 0) is 0 Å². The highest BCUT2D eigenvalue weighted by Crippen LogP contribution is 2.39. The van der Waals surface area contributed by atoms with Gasteiger partial charge in [0.2, 0.25) is 5.82 Å². The average molecular weight is 489 g/mol. The van der Waals surface area contributed by atoms with Crippen LogP contribution in [-0.4, -0.2) is 15.3 Å². The van der Waals surface area contributed by atoms with Crippen LogP contribution in [0.2, 0.25) is 0 Å². The van der Waals surface area contributed by atoms with E-state index in [1.807, 2.05) is 37.8 Å². The number of allylic oxidation sites excluding steroid dienone is 1. The minimum atomic E-state index is -0.453. The molecule has 1 N–H and O–H groups in total. The molecule has 4 aromatic rings. The summed E-state index contributed by atoms with van der Waals surface area (Å²) < 4.78 is 33.1. The van der Waals surface area contributed by atoms with Gasteiger partial charge in [-0.05, 0) is 86.1 Å². The molecule has 2 heterocycles. The van der Waals surface area contributed by atoms with E-state index in [1.165, 1.54) is 24.3 Å². The number of hydrogen-bond donors (Lipinski definition) is 1. The summed E-state index contributed by atoms with van der Waals surface area (Å²) in [6.45, 7) is 5.99. The van der Waals surface area contributed by atoms with Crippen molar-refractivity contribution in [1.82, 2.24) is 15.5 Å². The first-order valence-corrected chi connectivity index (χ1v) is 11.5. The highest BCUT2D eigenvalue weighted by atomic mass is 32.1. The maximum absolute atomic E-state index is 13.8. The number of benzene rings is 3. The number of rotatable bonds is 4. The molecule has 0 bridgehead atoms. The van der Waals surface area contributed by atoms with Crippen molar-refractivity contribution >= 4 is 28.6 Å². The largest absolute Gasteiger partial charge is 0.351 e. The lowest BCUT2D eigenvalue weighted by Gasteiger charge is -2.37. The molecule has 0 radical (unpaired) electrons. The van der Waals surface area contributed by atoms with E-state index < -0.39 is 6.04 Å². The van der Waals surface area contributed by atoms with Crippen LogP contribution in [0.25, 0.3) is 17.0 Å². The van der Waals surface area contributed by atoms with Crippen molar-refractivity contribution in [1.29, 1.82) is 0 Å². The van der Waals surface area contributed by atoms with E-state index in [9.17, 15) is 8.78 Å². The number of aryl methyl sites for hydroxylation is 2. The van der Waals surface area contributed by atoms with Gasteiger partial charge in [0.05, 0.1) is 11.6 Å². The molecular weight excluding hydrogens is 466 g/mol. The van der Waals surface area contributed by atoms with Crippen molar-refractivity contribution in [3.05, 3.63) is 107 Å². The van der Waals surface area contributed by atoms with Gasteiger partial charge < -0.3 is 9.84 Å². The Balaban J connectivity index is 1.67. The SMILES string of the molecule is CC1=C(c2nc(-c3cccc(F)c3)no2)C(c2ccc(F)cc2)NC(=S)N1c1cc(C)cc(C)c1. The van der Waals surface area contributed by atoms with E-state index in [0.29, 0.717) is 16.2 Å². The van der Waals surface area contributed by atoms with E-state index in [-0.39, 0.29) is 23.3 Å². The third-order valence-corrected chi connectivity index (χ3v) is 6.19. The number of hydrogen-bond acceptors (Lipinski definition) is 4. The summed E-state index contributed by atoms with van der Waals surface area (Å²) in [5, 5.41) is 7.96. The van der Waals surface area contributed by atoms with Crippen LogP contribution in [0.15, 0.2) is 77.0 Å². The van der Waals surface area contributed by atoms with E-state index in [2.05, 4.69) is 21.5 Å². The standard InChI is InChI=1S/C27H22F2N4OS/c1-15-11-16(2)13-22(12-15)33-17(3)23(24(30-27(33)35)18-7-9-20(28)10-8-18)26-31-25(32-34-26)19-5-4-6-21(29)14-19/h4-14,24H,1-3H3,(H,30,35). The van der Waals surface area contributed by atoms with Crippen LogP contribution in [0.4, 0.5) is 14.5 Å². The Morgan fingerprint density at radius 1 is 0.914 bits per heavy atom. The van der Waals surface area contributed by atoms with Gasteiger partial charge in [0.15, 0.2) is 5.11 Å². The molecule has 1 aliphatic heterocycles. The summed E-state index contributed by atoms with van der Waals surface area (Å²) in [6.07, 6.45) is 0. The Hall–Kier alpha value is -3.91. The lowest BCUT2D eigenvalue weighted by molar-refractivity contribution is 0.404. The van der Waals surface area contributed by atoms with Crippen LogP contribution in [0.5, 0.6) is 0 Å². The van der Waals surface area contributed by atoms with Crippen LogP contribution in [0, 0.1) is 25.5 Å². The van der Waals surface area contributed by atoms with Crippen molar-refractivity contribution in [2.24, 2.45) is 0 Å². The summed E-state index contributed by atoms with van der Waals surface area (Å²) in [6, 6.07) is 17.9. The predicted molar refractivity (Wildman–Crippen MR) is 136 cm³/mol. The van der Waals surface area contributed by atoms with Crippen molar-refractivity contribution in [3.63, 3.8) is 0 Å². The predicted octanol–water partition coefficient (Wildman–Crippen LogP) is 6.50. The van der Waals surface area contributed by atoms with Gasteiger partial charge in [-0.25, -0.2) is 8.78 Å². The molecule has 35 heavy (non-hydrogen) atoms. The highest BCUT2D eigenvalue weighted by molar-refractivity contribution is 7.80. The Labute approximate surface area is 207 Å². The summed E-state index contributed by atoms with van der Waals surface area (Å²) in [4.78, 5) is 6.52. The van der Waals surface area contributed by atoms with Crippen LogP contribution >= 0.6 is 12.2 Å². The minimum absolute atomic E-state index is 0.264. The number of nitrogens with zero attached hydrogens (tertiary/aromatic N) is 3. The zero-order valence-corrected chi connectivity index (χ0v) is 20.2. The lowest BCUT2D eigenvalue weighted by atomic mass is 9.94. The quantitative estimate of drug-likeness (QED) is 0.331. The highest BCUT2D eigenvalue weighted by Gasteiger charge is 2.35. The number of thiocarbonyl (C=S) groups is 1. The first-order chi connectivity index (χ1) is 16.8. The van der Waals surface area contributed by atoms with Gasteiger partial charge in [-0.15, -0.1) is 0 Å². The molecule has 0 amide bonds. The van der Waals surface area contributed by atoms with Crippen LogP contribution in [0.1, 0.15) is 35.5 Å². The normalized spacial score (nSPS) is 16.0. The monoisotopic (exact) mass is 488 g/mol. The second kappa shape index (κ2) is 9.03. The first kappa shape index (κ1) is 22.9. The van der Waals surface area contributed by atoms with Crippen LogP contribution < -0.4 is 10.2 Å². The van der Waals surface area contributed by atoms with Gasteiger partial charge in [-0.3, -0.25) is 4.90 Å². The van der Waals surface area contributed by atoms with Gasteiger partial charge in [0.25, 0.3) is 5.89 Å². The van der Waals surface area contributed by atoms with Crippen molar-refractivity contribution in [2.75, 3.05) is 4.90 Å². The molecule has 0 aliphatic carbocycles. The van der Waals surface area contributed by atoms with Crippen LogP contribution in [0.3, 0.4) is 0 Å². The lowest BCUT2D eigenvalue weighted by Crippen LogP contribution is -2.46. The third-order valence-electron chi connectivity index (χ3n) is 5.89. The number of halogens is 2. The topological polar surface area (TPSA) is 54.2 Å². The van der Waals surface area contributed by atoms with E-state index >= 15 is 0 Å². The molecule has 8 heteroatoms. The Bertz CT molecular complexity index is 1440. The summed E-state index contributed by atoms with van der Waals surface area (Å²) >= 11 is 5.77. The fourth-order valence-corrected chi connectivity index (χ4v) is 4.75. The Morgan fingerprint density at radius 3 is 2.31 bits per heavy atom. The second-order valence-corrected chi connectivity index (χ2v) is 8.93. The molecule has 5 rings (SSSR count). The molecular formula is C27H22F2N4OS. The number of anilines is 1. The summed E-state index contributed by atoms with van der Waals surface area (Å²) in [5.41, 5.74) is 5.88. The molecule has 1 aliphatic rings. The molecule has 1 unspecified atom stereocenters. The molecule has 3 aromatic carbocycles. The second-order valence-electron chi connectivity index (χ2n) is 8.55. The fourth-order valence-electron chi connectivity index (χ4n) is 4.39. The minimum Gasteiger partial charge on any atom is -0.351 e. The number of nitrogens with one attached hydrogen (secondary N) is 1. The Morgan fingerprint density at radius 2 is 1.63 bits per heavy atom. The number of aromatic nitrogens is 2. The van der Waals surface area contributed by atoms with Gasteiger partial charge >= 0.3 is 0 Å². The maximum atomic E-state index is 13.8. The maximum Gasteiger partial charge on any atom is 0.258 e. The summed E-state index contributed by atoms with van der Waals surface area (Å²) in [7, 11) is 0. The van der Waals surface area contributed by atoms with Crippen molar-refractivity contribution < 1.29 is 13.3 Å². The molecule has 0 fully saturated rings. The molecule has 5 nitrogen and oxygen atoms in total. The van der Waals surface area contributed by atoms with E-state index in [0.717, 1.165) is 28.1 Å². The zero-order chi connectivity index (χ0) is 24.7. The smallest absolute Gasteiger partial charge is 0.258 e. The van der Waals surface area contributed by atoms with Gasteiger partial charge in [0.1, 0.15) is 11.6 Å².